The molecule has 0 fully saturated rings. The summed E-state index contributed by atoms with van der Waals surface area (Å²) in [5.74, 6) is -0.308. The number of methoxy groups -OCH3 is 2. The van der Waals surface area contributed by atoms with Gasteiger partial charge >= 0.3 is 0 Å². The second kappa shape index (κ2) is 8.96. The molecule has 0 radical (unpaired) electrons. The lowest BCUT2D eigenvalue weighted by molar-refractivity contribution is -0.120. The summed E-state index contributed by atoms with van der Waals surface area (Å²) in [4.78, 5) is 23.4. The monoisotopic (exact) mass is 378 g/mol. The molecule has 8 heteroatoms. The van der Waals surface area contributed by atoms with Crippen LogP contribution in [0.15, 0.2) is 36.4 Å². The van der Waals surface area contributed by atoms with Crippen LogP contribution in [0.2, 0.25) is 5.02 Å². The Bertz CT molecular complexity index is 785. The van der Waals surface area contributed by atoms with E-state index < -0.39 is 5.91 Å². The van der Waals surface area contributed by atoms with Crippen molar-refractivity contribution in [3.8, 4) is 17.2 Å². The summed E-state index contributed by atoms with van der Waals surface area (Å²) in [7, 11) is 2.83. The fourth-order valence-electron chi connectivity index (χ4n) is 2.22. The van der Waals surface area contributed by atoms with E-state index in [1.807, 2.05) is 18.2 Å². The van der Waals surface area contributed by atoms with Crippen molar-refractivity contribution in [3.05, 3.63) is 52.5 Å². The first-order valence-electron chi connectivity index (χ1n) is 7.65. The lowest BCUT2D eigenvalue weighted by Gasteiger charge is -2.15. The maximum atomic E-state index is 12.5. The molecule has 0 saturated carbocycles. The highest BCUT2D eigenvalue weighted by Crippen LogP contribution is 2.38. The Morgan fingerprint density at radius 1 is 1.12 bits per heavy atom. The van der Waals surface area contributed by atoms with Gasteiger partial charge in [0.1, 0.15) is 0 Å². The SMILES string of the molecule is COc1cc(C(=O)NCc2ccccc2Cl)cc(OC)c1OCC(N)=O. The minimum atomic E-state index is -0.643. The zero-order chi connectivity index (χ0) is 19.1. The van der Waals surface area contributed by atoms with Gasteiger partial charge in [0.2, 0.25) is 5.75 Å². The minimum absolute atomic E-state index is 0.191. The molecule has 0 saturated heterocycles. The summed E-state index contributed by atoms with van der Waals surface area (Å²) in [6, 6.07) is 10.2. The van der Waals surface area contributed by atoms with Gasteiger partial charge < -0.3 is 25.3 Å². The van der Waals surface area contributed by atoms with Gasteiger partial charge in [0.15, 0.2) is 18.1 Å². The van der Waals surface area contributed by atoms with E-state index in [9.17, 15) is 9.59 Å². The second-order valence-electron chi connectivity index (χ2n) is 5.24. The molecule has 0 aromatic heterocycles. The number of rotatable bonds is 8. The Morgan fingerprint density at radius 3 is 2.27 bits per heavy atom. The van der Waals surface area contributed by atoms with Gasteiger partial charge in [-0.2, -0.15) is 0 Å². The minimum Gasteiger partial charge on any atom is -0.493 e. The molecule has 0 unspecified atom stereocenters. The molecule has 26 heavy (non-hydrogen) atoms. The maximum absolute atomic E-state index is 12.5. The largest absolute Gasteiger partial charge is 0.493 e. The van der Waals surface area contributed by atoms with Crippen molar-refractivity contribution in [2.24, 2.45) is 5.73 Å². The number of ether oxygens (including phenoxy) is 3. The van der Waals surface area contributed by atoms with E-state index in [2.05, 4.69) is 5.32 Å². The van der Waals surface area contributed by atoms with E-state index in [1.165, 1.54) is 26.4 Å². The molecule has 0 aliphatic carbocycles. The zero-order valence-corrected chi connectivity index (χ0v) is 15.1. The Hall–Kier alpha value is -2.93. The van der Waals surface area contributed by atoms with Crippen molar-refractivity contribution in [2.75, 3.05) is 20.8 Å². The van der Waals surface area contributed by atoms with Crippen LogP contribution < -0.4 is 25.3 Å². The van der Waals surface area contributed by atoms with Gasteiger partial charge in [-0.3, -0.25) is 9.59 Å². The molecule has 3 N–H and O–H groups in total. The van der Waals surface area contributed by atoms with Crippen LogP contribution in [0.4, 0.5) is 0 Å². The molecule has 0 bridgehead atoms. The van der Waals surface area contributed by atoms with Crippen LogP contribution >= 0.6 is 11.6 Å². The molecule has 138 valence electrons. The Balaban J connectivity index is 2.21. The van der Waals surface area contributed by atoms with Gasteiger partial charge in [0.05, 0.1) is 14.2 Å². The van der Waals surface area contributed by atoms with E-state index in [0.29, 0.717) is 10.6 Å². The van der Waals surface area contributed by atoms with E-state index in [0.717, 1.165) is 5.56 Å². The van der Waals surface area contributed by atoms with E-state index in [4.69, 9.17) is 31.5 Å². The van der Waals surface area contributed by atoms with Gasteiger partial charge in [0, 0.05) is 17.1 Å². The number of nitrogens with one attached hydrogen (secondary N) is 1. The third-order valence-corrected chi connectivity index (χ3v) is 3.85. The third-order valence-electron chi connectivity index (χ3n) is 3.48. The quantitative estimate of drug-likeness (QED) is 0.733. The molecule has 0 heterocycles. The highest BCUT2D eigenvalue weighted by Gasteiger charge is 2.18. The topological polar surface area (TPSA) is 99.9 Å². The summed E-state index contributed by atoms with van der Waals surface area (Å²) in [5, 5.41) is 3.35. The number of carbonyl (C=O) groups excluding carboxylic acids is 2. The molecule has 0 spiro atoms. The number of hydrogen-bond acceptors (Lipinski definition) is 5. The van der Waals surface area contributed by atoms with Crippen LogP contribution in [0.5, 0.6) is 17.2 Å². The molecule has 2 rings (SSSR count). The smallest absolute Gasteiger partial charge is 0.255 e. The molecular formula is C18H19ClN2O5. The van der Waals surface area contributed by atoms with Gasteiger partial charge in [-0.15, -0.1) is 0 Å². The van der Waals surface area contributed by atoms with Crippen molar-refractivity contribution in [1.82, 2.24) is 5.32 Å². The molecule has 2 amide bonds. The Labute approximate surface area is 156 Å². The fourth-order valence-corrected chi connectivity index (χ4v) is 2.42. The first kappa shape index (κ1) is 19.4. The number of primary amides is 1. The predicted octanol–water partition coefficient (Wildman–Crippen LogP) is 2.15. The van der Waals surface area contributed by atoms with Crippen molar-refractivity contribution in [2.45, 2.75) is 6.54 Å². The molecule has 0 aliphatic heterocycles. The number of halogens is 1. The lowest BCUT2D eigenvalue weighted by Crippen LogP contribution is -2.23. The van der Waals surface area contributed by atoms with Crippen molar-refractivity contribution in [1.29, 1.82) is 0 Å². The number of carbonyl (C=O) groups is 2. The van der Waals surface area contributed by atoms with Crippen molar-refractivity contribution >= 4 is 23.4 Å². The summed E-state index contributed by atoms with van der Waals surface area (Å²) in [5.41, 5.74) is 6.19. The third kappa shape index (κ3) is 4.80. The zero-order valence-electron chi connectivity index (χ0n) is 14.4. The highest BCUT2D eigenvalue weighted by molar-refractivity contribution is 6.31. The first-order chi connectivity index (χ1) is 12.5. The van der Waals surface area contributed by atoms with Gasteiger partial charge in [-0.05, 0) is 23.8 Å². The van der Waals surface area contributed by atoms with Crippen LogP contribution in [0.25, 0.3) is 0 Å². The van der Waals surface area contributed by atoms with Crippen LogP contribution in [0, 0.1) is 0 Å². The lowest BCUT2D eigenvalue weighted by atomic mass is 10.1. The Kier molecular flexibility index (Phi) is 6.68. The number of hydrogen-bond donors (Lipinski definition) is 2. The molecule has 2 aromatic rings. The molecule has 0 aliphatic rings. The van der Waals surface area contributed by atoms with Crippen LogP contribution in [0.3, 0.4) is 0 Å². The average Bonchev–Trinajstić information content (AvgIpc) is 2.64. The Morgan fingerprint density at radius 2 is 1.73 bits per heavy atom. The normalized spacial score (nSPS) is 10.1. The van der Waals surface area contributed by atoms with Crippen LogP contribution in [-0.4, -0.2) is 32.6 Å². The fraction of sp³-hybridized carbons (Fsp3) is 0.222. The van der Waals surface area contributed by atoms with Gasteiger partial charge in [-0.25, -0.2) is 0 Å². The first-order valence-corrected chi connectivity index (χ1v) is 8.02. The summed E-state index contributed by atoms with van der Waals surface area (Å²) in [6.45, 7) is -0.0756. The van der Waals surface area contributed by atoms with E-state index in [1.54, 1.807) is 6.07 Å². The number of nitrogens with two attached hydrogens (primary N) is 1. The van der Waals surface area contributed by atoms with E-state index in [-0.39, 0.29) is 36.3 Å². The summed E-state index contributed by atoms with van der Waals surface area (Å²) in [6.07, 6.45) is 0. The van der Waals surface area contributed by atoms with Gasteiger partial charge in [0.25, 0.3) is 11.8 Å². The highest BCUT2D eigenvalue weighted by atomic mass is 35.5. The molecule has 2 aromatic carbocycles. The summed E-state index contributed by atoms with van der Waals surface area (Å²) < 4.78 is 15.8. The van der Waals surface area contributed by atoms with Gasteiger partial charge in [-0.1, -0.05) is 29.8 Å². The summed E-state index contributed by atoms with van der Waals surface area (Å²) >= 11 is 6.08. The molecule has 0 atom stereocenters. The average molecular weight is 379 g/mol. The number of amides is 2. The second-order valence-corrected chi connectivity index (χ2v) is 5.65. The predicted molar refractivity (Wildman–Crippen MR) is 96.9 cm³/mol. The van der Waals surface area contributed by atoms with Crippen molar-refractivity contribution < 1.29 is 23.8 Å². The van der Waals surface area contributed by atoms with Crippen molar-refractivity contribution in [3.63, 3.8) is 0 Å². The number of benzene rings is 2. The molecular weight excluding hydrogens is 360 g/mol. The molecule has 7 nitrogen and oxygen atoms in total. The van der Waals surface area contributed by atoms with E-state index >= 15 is 0 Å². The standard InChI is InChI=1S/C18H19ClN2O5/c1-24-14-7-12(8-15(25-2)17(14)26-10-16(20)22)18(23)21-9-11-5-3-4-6-13(11)19/h3-8H,9-10H2,1-2H3,(H2,20,22)(H,21,23). The van der Waals surface area contributed by atoms with Crippen LogP contribution in [0.1, 0.15) is 15.9 Å². The maximum Gasteiger partial charge on any atom is 0.255 e. The van der Waals surface area contributed by atoms with Crippen LogP contribution in [-0.2, 0) is 11.3 Å².